The van der Waals surface area contributed by atoms with Gasteiger partial charge in [-0.2, -0.15) is 4.39 Å². The first kappa shape index (κ1) is 14.8. The first-order valence-corrected chi connectivity index (χ1v) is 5.00. The molecule has 1 amide bonds. The lowest BCUT2D eigenvalue weighted by atomic mass is 10.0. The molecule has 0 saturated heterocycles. The number of halogens is 3. The van der Waals surface area contributed by atoms with Crippen LogP contribution < -0.4 is 5.32 Å². The van der Waals surface area contributed by atoms with E-state index in [1.807, 2.05) is 5.32 Å². The third-order valence-corrected chi connectivity index (χ3v) is 2.34. The summed E-state index contributed by atoms with van der Waals surface area (Å²) in [6, 6.07) is 0.234. The largest absolute Gasteiger partial charge is 0.503 e. The molecule has 3 N–H and O–H groups in total. The summed E-state index contributed by atoms with van der Waals surface area (Å²) in [5.74, 6) is -9.47. The smallest absolute Gasteiger partial charge is 0.328 e. The van der Waals surface area contributed by atoms with E-state index in [1.54, 1.807) is 0 Å². The molecule has 1 aromatic rings. The van der Waals surface area contributed by atoms with E-state index in [4.69, 9.17) is 10.2 Å². The number of benzene rings is 1. The van der Waals surface area contributed by atoms with Crippen LogP contribution in [0.15, 0.2) is 6.07 Å². The molecule has 0 unspecified atom stereocenters. The highest BCUT2D eigenvalue weighted by Gasteiger charge is 2.31. The molecule has 0 aliphatic heterocycles. The van der Waals surface area contributed by atoms with Gasteiger partial charge in [-0.05, 0) is 19.9 Å². The third-order valence-electron chi connectivity index (χ3n) is 2.34. The summed E-state index contributed by atoms with van der Waals surface area (Å²) < 4.78 is 39.2. The number of aliphatic carboxylic acids is 1. The second-order valence-corrected chi connectivity index (χ2v) is 4.27. The Labute approximate surface area is 105 Å². The van der Waals surface area contributed by atoms with Gasteiger partial charge in [-0.25, -0.2) is 13.6 Å². The second-order valence-electron chi connectivity index (χ2n) is 4.27. The Balaban J connectivity index is 3.19. The Morgan fingerprint density at radius 2 is 1.74 bits per heavy atom. The fraction of sp³-hybridized carbons (Fsp3) is 0.273. The summed E-state index contributed by atoms with van der Waals surface area (Å²) in [4.78, 5) is 22.4. The highest BCUT2D eigenvalue weighted by Crippen LogP contribution is 2.26. The number of amides is 1. The van der Waals surface area contributed by atoms with E-state index >= 15 is 0 Å². The van der Waals surface area contributed by atoms with Gasteiger partial charge in [-0.3, -0.25) is 4.79 Å². The highest BCUT2D eigenvalue weighted by molar-refractivity contribution is 5.98. The zero-order valence-electron chi connectivity index (χ0n) is 9.92. The molecule has 1 aromatic carbocycles. The Kier molecular flexibility index (Phi) is 3.73. The molecular formula is C11H10F3NO4. The number of nitrogens with one attached hydrogen (secondary N) is 1. The van der Waals surface area contributed by atoms with Crippen LogP contribution in [0.1, 0.15) is 24.2 Å². The van der Waals surface area contributed by atoms with Gasteiger partial charge in [0.1, 0.15) is 5.54 Å². The monoisotopic (exact) mass is 277 g/mol. The van der Waals surface area contributed by atoms with Crippen LogP contribution in [0.3, 0.4) is 0 Å². The Morgan fingerprint density at radius 1 is 1.21 bits per heavy atom. The number of carbonyl (C=O) groups excluding carboxylic acids is 1. The first-order chi connectivity index (χ1) is 8.58. The van der Waals surface area contributed by atoms with Crippen LogP contribution >= 0.6 is 0 Å². The van der Waals surface area contributed by atoms with Gasteiger partial charge in [0.05, 0.1) is 5.56 Å². The number of hydrogen-bond acceptors (Lipinski definition) is 3. The molecular weight excluding hydrogens is 267 g/mol. The van der Waals surface area contributed by atoms with E-state index in [-0.39, 0.29) is 6.07 Å². The molecule has 0 bridgehead atoms. The fourth-order valence-electron chi connectivity index (χ4n) is 1.16. The topological polar surface area (TPSA) is 86.6 Å². The minimum Gasteiger partial charge on any atom is -0.503 e. The first-order valence-electron chi connectivity index (χ1n) is 5.00. The molecule has 19 heavy (non-hydrogen) atoms. The van der Waals surface area contributed by atoms with E-state index in [1.165, 1.54) is 0 Å². The van der Waals surface area contributed by atoms with Gasteiger partial charge in [-0.15, -0.1) is 0 Å². The number of carbonyl (C=O) groups is 2. The van der Waals surface area contributed by atoms with Crippen molar-refractivity contribution in [3.8, 4) is 5.75 Å². The van der Waals surface area contributed by atoms with E-state index in [0.29, 0.717) is 0 Å². The number of carboxylic acids is 1. The van der Waals surface area contributed by atoms with Crippen LogP contribution in [0.5, 0.6) is 5.75 Å². The van der Waals surface area contributed by atoms with Crippen LogP contribution in [0.25, 0.3) is 0 Å². The minimum absolute atomic E-state index is 0.234. The van der Waals surface area contributed by atoms with Gasteiger partial charge in [0, 0.05) is 0 Å². The number of phenols is 1. The van der Waals surface area contributed by atoms with Gasteiger partial charge in [0.25, 0.3) is 5.91 Å². The Bertz CT molecular complexity index is 557. The average molecular weight is 277 g/mol. The maximum absolute atomic E-state index is 13.4. The number of phenolic OH excluding ortho intramolecular Hbond substituents is 1. The van der Waals surface area contributed by atoms with Crippen molar-refractivity contribution in [1.82, 2.24) is 5.32 Å². The van der Waals surface area contributed by atoms with Gasteiger partial charge in [0.15, 0.2) is 17.4 Å². The molecule has 8 heteroatoms. The lowest BCUT2D eigenvalue weighted by Gasteiger charge is -2.21. The molecule has 0 spiro atoms. The van der Waals surface area contributed by atoms with Crippen molar-refractivity contribution in [2.75, 3.05) is 0 Å². The molecule has 0 radical (unpaired) electrons. The van der Waals surface area contributed by atoms with Crippen LogP contribution in [0.4, 0.5) is 13.2 Å². The van der Waals surface area contributed by atoms with Gasteiger partial charge >= 0.3 is 5.97 Å². The molecule has 0 aliphatic rings. The van der Waals surface area contributed by atoms with Crippen molar-refractivity contribution >= 4 is 11.9 Å². The van der Waals surface area contributed by atoms with Crippen molar-refractivity contribution in [2.45, 2.75) is 19.4 Å². The van der Waals surface area contributed by atoms with E-state index < -0.39 is 46.2 Å². The Hall–Kier alpha value is -2.25. The molecule has 0 atom stereocenters. The van der Waals surface area contributed by atoms with E-state index in [0.717, 1.165) is 13.8 Å². The molecule has 5 nitrogen and oxygen atoms in total. The second kappa shape index (κ2) is 4.79. The van der Waals surface area contributed by atoms with E-state index in [2.05, 4.69) is 0 Å². The lowest BCUT2D eigenvalue weighted by molar-refractivity contribution is -0.143. The summed E-state index contributed by atoms with van der Waals surface area (Å²) in [6.45, 7) is 2.23. The third kappa shape index (κ3) is 2.78. The van der Waals surface area contributed by atoms with Crippen LogP contribution in [0, 0.1) is 17.5 Å². The number of rotatable bonds is 3. The quantitative estimate of drug-likeness (QED) is 0.729. The summed E-state index contributed by atoms with van der Waals surface area (Å²) in [7, 11) is 0. The van der Waals surface area contributed by atoms with Crippen molar-refractivity contribution < 1.29 is 33.0 Å². The molecule has 1 rings (SSSR count). The average Bonchev–Trinajstić information content (AvgIpc) is 2.30. The molecule has 0 fully saturated rings. The summed E-state index contributed by atoms with van der Waals surface area (Å²) in [5.41, 5.74) is -2.74. The van der Waals surface area contributed by atoms with Gasteiger partial charge < -0.3 is 15.5 Å². The lowest BCUT2D eigenvalue weighted by Crippen LogP contribution is -2.49. The standard InChI is InChI=1S/C11H10F3NO4/c1-11(2,10(18)19)15-9(17)4-3-5(12)7(14)8(16)6(4)13/h3,16H,1-2H3,(H,15,17)(H,18,19). The molecule has 104 valence electrons. The molecule has 0 aromatic heterocycles. The minimum atomic E-state index is -1.83. The molecule has 0 saturated carbocycles. The van der Waals surface area contributed by atoms with Crippen LogP contribution in [-0.2, 0) is 4.79 Å². The summed E-state index contributed by atoms with van der Waals surface area (Å²) >= 11 is 0. The van der Waals surface area contributed by atoms with Crippen molar-refractivity contribution in [1.29, 1.82) is 0 Å². The van der Waals surface area contributed by atoms with Gasteiger partial charge in [-0.1, -0.05) is 0 Å². The number of hydrogen-bond donors (Lipinski definition) is 3. The van der Waals surface area contributed by atoms with Crippen molar-refractivity contribution in [3.05, 3.63) is 29.1 Å². The fourth-order valence-corrected chi connectivity index (χ4v) is 1.16. The summed E-state index contributed by atoms with van der Waals surface area (Å²) in [6.07, 6.45) is 0. The SMILES string of the molecule is CC(C)(NC(=O)c1cc(F)c(F)c(O)c1F)C(=O)O. The maximum Gasteiger partial charge on any atom is 0.328 e. The van der Waals surface area contributed by atoms with Gasteiger partial charge in [0.2, 0.25) is 5.82 Å². The molecule has 0 heterocycles. The van der Waals surface area contributed by atoms with Crippen molar-refractivity contribution in [3.63, 3.8) is 0 Å². The predicted molar refractivity (Wildman–Crippen MR) is 57.2 cm³/mol. The van der Waals surface area contributed by atoms with E-state index in [9.17, 15) is 22.8 Å². The maximum atomic E-state index is 13.4. The van der Waals surface area contributed by atoms with Crippen LogP contribution in [-0.4, -0.2) is 27.6 Å². The van der Waals surface area contributed by atoms with Crippen molar-refractivity contribution in [2.24, 2.45) is 0 Å². The number of aromatic hydroxyl groups is 1. The number of carboxylic acid groups (broad SMARTS) is 1. The zero-order valence-corrected chi connectivity index (χ0v) is 9.92. The molecule has 0 aliphatic carbocycles. The van der Waals surface area contributed by atoms with Crippen LogP contribution in [0.2, 0.25) is 0 Å². The zero-order chi connectivity index (χ0) is 15.0. The highest BCUT2D eigenvalue weighted by atomic mass is 19.2. The summed E-state index contributed by atoms with van der Waals surface area (Å²) in [5, 5.41) is 19.6. The Morgan fingerprint density at radius 3 is 2.21 bits per heavy atom. The predicted octanol–water partition coefficient (Wildman–Crippen LogP) is 1.40. The normalized spacial score (nSPS) is 11.2.